The van der Waals surface area contributed by atoms with E-state index in [2.05, 4.69) is 5.16 Å². The van der Waals surface area contributed by atoms with Gasteiger partial charge in [-0.25, -0.2) is 0 Å². The fourth-order valence-electron chi connectivity index (χ4n) is 1.89. The molecule has 0 saturated carbocycles. The molecule has 0 heterocycles. The molecule has 4 N–H and O–H groups in total. The van der Waals surface area contributed by atoms with Gasteiger partial charge in [0.1, 0.15) is 11.5 Å². The Balaban J connectivity index is 2.88. The molecule has 0 saturated heterocycles. The summed E-state index contributed by atoms with van der Waals surface area (Å²) in [4.78, 5) is 11.7. The van der Waals surface area contributed by atoms with Gasteiger partial charge in [-0.2, -0.15) is 0 Å². The van der Waals surface area contributed by atoms with Gasteiger partial charge in [0.25, 0.3) is 0 Å². The van der Waals surface area contributed by atoms with Crippen LogP contribution in [0.3, 0.4) is 0 Å². The Morgan fingerprint density at radius 1 is 1.40 bits per heavy atom. The first-order chi connectivity index (χ1) is 9.36. The molecule has 7 heteroatoms. The van der Waals surface area contributed by atoms with Crippen molar-refractivity contribution in [1.29, 1.82) is 0 Å². The topological polar surface area (TPSA) is 110 Å². The molecule has 1 aromatic carbocycles. The number of carbonyl (C=O) groups is 1. The molecule has 0 radical (unpaired) electrons. The largest absolute Gasteiger partial charge is 0.507 e. The number of phenols is 1. The Labute approximate surface area is 117 Å². The predicted octanol–water partition coefficient (Wildman–Crippen LogP) is 0.895. The van der Waals surface area contributed by atoms with Crippen LogP contribution in [0.25, 0.3) is 0 Å². The summed E-state index contributed by atoms with van der Waals surface area (Å²) in [5, 5.41) is 39.9. The summed E-state index contributed by atoms with van der Waals surface area (Å²) in [6, 6.07) is 5.14. The number of carbonyl (C=O) groups excluding carboxylic acids is 1. The highest BCUT2D eigenvalue weighted by Gasteiger charge is 2.28. The summed E-state index contributed by atoms with van der Waals surface area (Å²) in [6.45, 7) is 3.07. The number of aromatic hydroxyl groups is 1. The molecule has 0 aromatic heterocycles. The van der Waals surface area contributed by atoms with E-state index in [-0.39, 0.29) is 24.3 Å². The maximum absolute atomic E-state index is 11.7. The fraction of sp³-hybridized carbons (Fsp3) is 0.385. The number of hydrogen-bond donors (Lipinski definition) is 4. The molecule has 0 fully saturated rings. The number of benzene rings is 1. The quantitative estimate of drug-likeness (QED) is 0.267. The molecule has 1 atom stereocenters. The van der Waals surface area contributed by atoms with Crippen molar-refractivity contribution in [2.24, 2.45) is 5.16 Å². The molecule has 20 heavy (non-hydrogen) atoms. The van der Waals surface area contributed by atoms with Gasteiger partial charge in [0.2, 0.25) is 0 Å². The lowest BCUT2D eigenvalue weighted by molar-refractivity contribution is -0.113. The van der Waals surface area contributed by atoms with Crippen LogP contribution >= 0.6 is 0 Å². The van der Waals surface area contributed by atoms with Gasteiger partial charge < -0.3 is 20.4 Å². The standard InChI is InChI=1S/C13H18BNO5/c1-8-4-3-5-10(13(8)17)6-11(14(18)19)7-12(16)9(2)15-20/h3-5,11,17-20H,6-7H2,1-2H3/b15-9-/t11-/m1/s1. The maximum atomic E-state index is 11.7. The van der Waals surface area contributed by atoms with Gasteiger partial charge in [0.05, 0.1) is 0 Å². The minimum Gasteiger partial charge on any atom is -0.507 e. The van der Waals surface area contributed by atoms with Gasteiger partial charge >= 0.3 is 7.12 Å². The average Bonchev–Trinajstić information content (AvgIpc) is 2.41. The van der Waals surface area contributed by atoms with E-state index in [1.807, 2.05) is 0 Å². The van der Waals surface area contributed by atoms with Gasteiger partial charge in [-0.05, 0) is 31.4 Å². The van der Waals surface area contributed by atoms with Crippen molar-refractivity contribution in [3.63, 3.8) is 0 Å². The van der Waals surface area contributed by atoms with E-state index >= 15 is 0 Å². The molecule has 1 rings (SSSR count). The molecule has 0 amide bonds. The number of para-hydroxylation sites is 1. The molecule has 0 aliphatic heterocycles. The van der Waals surface area contributed by atoms with Gasteiger partial charge in [-0.3, -0.25) is 4.79 Å². The number of oxime groups is 1. The molecular formula is C13H18BNO5. The molecule has 108 valence electrons. The smallest absolute Gasteiger partial charge is 0.455 e. The second kappa shape index (κ2) is 7.07. The zero-order valence-corrected chi connectivity index (χ0v) is 11.4. The van der Waals surface area contributed by atoms with Crippen molar-refractivity contribution in [3.05, 3.63) is 29.3 Å². The Bertz CT molecular complexity index is 515. The highest BCUT2D eigenvalue weighted by molar-refractivity contribution is 6.46. The third kappa shape index (κ3) is 4.08. The number of aryl methyl sites for hydroxylation is 1. The van der Waals surface area contributed by atoms with Gasteiger partial charge in [0, 0.05) is 12.2 Å². The maximum Gasteiger partial charge on any atom is 0.455 e. The number of ketones is 1. The van der Waals surface area contributed by atoms with Crippen LogP contribution in [0.2, 0.25) is 5.82 Å². The van der Waals surface area contributed by atoms with E-state index < -0.39 is 18.7 Å². The first kappa shape index (κ1) is 16.2. The lowest BCUT2D eigenvalue weighted by Gasteiger charge is -2.16. The second-order valence-corrected chi connectivity index (χ2v) is 4.77. The normalized spacial score (nSPS) is 13.1. The van der Waals surface area contributed by atoms with Crippen LogP contribution in [0, 0.1) is 6.92 Å². The van der Waals surface area contributed by atoms with Crippen LogP contribution in [0.4, 0.5) is 0 Å². The molecule has 0 aliphatic rings. The van der Waals surface area contributed by atoms with E-state index in [0.717, 1.165) is 0 Å². The summed E-state index contributed by atoms with van der Waals surface area (Å²) in [6.07, 6.45) is -0.0451. The molecule has 0 spiro atoms. The Morgan fingerprint density at radius 2 is 2.05 bits per heavy atom. The molecule has 0 unspecified atom stereocenters. The third-order valence-electron chi connectivity index (χ3n) is 3.23. The van der Waals surface area contributed by atoms with Crippen LogP contribution in [-0.2, 0) is 11.2 Å². The summed E-state index contributed by atoms with van der Waals surface area (Å²) in [5.41, 5.74) is 1.12. The van der Waals surface area contributed by atoms with Crippen LogP contribution in [0.5, 0.6) is 5.75 Å². The van der Waals surface area contributed by atoms with Crippen molar-refractivity contribution in [1.82, 2.24) is 0 Å². The van der Waals surface area contributed by atoms with Crippen molar-refractivity contribution in [3.8, 4) is 5.75 Å². The minimum absolute atomic E-state index is 0.0816. The summed E-state index contributed by atoms with van der Waals surface area (Å²) in [7, 11) is -1.70. The number of hydrogen-bond acceptors (Lipinski definition) is 6. The van der Waals surface area contributed by atoms with Crippen LogP contribution in [0.1, 0.15) is 24.5 Å². The van der Waals surface area contributed by atoms with Crippen LogP contribution < -0.4 is 0 Å². The Kier molecular flexibility index (Phi) is 5.73. The summed E-state index contributed by atoms with van der Waals surface area (Å²) in [5.74, 6) is -1.18. The number of phenolic OH excluding ortho intramolecular Hbond substituents is 1. The molecule has 6 nitrogen and oxygen atoms in total. The molecule has 0 aliphatic carbocycles. The highest BCUT2D eigenvalue weighted by Crippen LogP contribution is 2.28. The van der Waals surface area contributed by atoms with Crippen LogP contribution in [0.15, 0.2) is 23.4 Å². The number of nitrogens with zero attached hydrogens (tertiary/aromatic N) is 1. The molecule has 1 aromatic rings. The average molecular weight is 279 g/mol. The van der Waals surface area contributed by atoms with E-state index in [1.165, 1.54) is 6.92 Å². The van der Waals surface area contributed by atoms with E-state index in [1.54, 1.807) is 25.1 Å². The Hall–Kier alpha value is -1.86. The highest BCUT2D eigenvalue weighted by atomic mass is 16.4. The summed E-state index contributed by atoms with van der Waals surface area (Å²) < 4.78 is 0. The van der Waals surface area contributed by atoms with E-state index in [0.29, 0.717) is 11.1 Å². The minimum atomic E-state index is -1.70. The van der Waals surface area contributed by atoms with Crippen molar-refractivity contribution in [2.45, 2.75) is 32.5 Å². The molecular weight excluding hydrogens is 261 g/mol. The predicted molar refractivity (Wildman–Crippen MR) is 75.0 cm³/mol. The zero-order chi connectivity index (χ0) is 15.3. The zero-order valence-electron chi connectivity index (χ0n) is 11.4. The van der Waals surface area contributed by atoms with Crippen molar-refractivity contribution >= 4 is 18.6 Å². The lowest BCUT2D eigenvalue weighted by Crippen LogP contribution is -2.26. The SMILES string of the molecule is C/C(=N/O)C(=O)C[C@@H](Cc1cccc(C)c1O)B(O)O. The van der Waals surface area contributed by atoms with Gasteiger partial charge in [0.15, 0.2) is 5.78 Å². The molecule has 0 bridgehead atoms. The van der Waals surface area contributed by atoms with Gasteiger partial charge in [-0.1, -0.05) is 23.4 Å². The van der Waals surface area contributed by atoms with Crippen LogP contribution in [-0.4, -0.2) is 39.0 Å². The number of rotatable bonds is 6. The summed E-state index contributed by atoms with van der Waals surface area (Å²) >= 11 is 0. The van der Waals surface area contributed by atoms with E-state index in [4.69, 9.17) is 5.21 Å². The number of Topliss-reactive ketones (excluding diaryl/α,β-unsaturated/α-hetero) is 1. The monoisotopic (exact) mass is 279 g/mol. The van der Waals surface area contributed by atoms with Gasteiger partial charge in [-0.15, -0.1) is 0 Å². The third-order valence-corrected chi connectivity index (χ3v) is 3.23. The lowest BCUT2D eigenvalue weighted by atomic mass is 9.67. The fourth-order valence-corrected chi connectivity index (χ4v) is 1.89. The Morgan fingerprint density at radius 3 is 2.60 bits per heavy atom. The van der Waals surface area contributed by atoms with Crippen molar-refractivity contribution < 1.29 is 25.2 Å². The van der Waals surface area contributed by atoms with E-state index in [9.17, 15) is 19.9 Å². The first-order valence-corrected chi connectivity index (χ1v) is 6.22. The second-order valence-electron chi connectivity index (χ2n) is 4.77. The van der Waals surface area contributed by atoms with Crippen molar-refractivity contribution in [2.75, 3.05) is 0 Å². The first-order valence-electron chi connectivity index (χ1n) is 6.22.